The Morgan fingerprint density at radius 2 is 1.53 bits per heavy atom. The van der Waals surface area contributed by atoms with E-state index in [-0.39, 0.29) is 36.5 Å². The van der Waals surface area contributed by atoms with Crippen LogP contribution in [0.15, 0.2) is 0 Å². The number of likely N-dealkylation sites (tertiary alicyclic amines) is 2. The Morgan fingerprint density at radius 3 is 2.17 bits per heavy atom. The van der Waals surface area contributed by atoms with Gasteiger partial charge in [0.25, 0.3) is 0 Å². The Morgan fingerprint density at radius 1 is 0.867 bits per heavy atom. The predicted octanol–water partition coefficient (Wildman–Crippen LogP) is 2.48. The van der Waals surface area contributed by atoms with E-state index in [1.165, 1.54) is 19.3 Å². The molecule has 0 atom stereocenters. The normalized spacial score (nSPS) is 22.6. The van der Waals surface area contributed by atoms with Crippen LogP contribution in [0.4, 0.5) is 0 Å². The summed E-state index contributed by atoms with van der Waals surface area (Å²) in [6.45, 7) is 5.60. The molecule has 2 saturated heterocycles. The molecule has 0 aromatic carbocycles. The third-order valence-corrected chi connectivity index (χ3v) is 7.03. The molecule has 3 aliphatic rings. The Bertz CT molecular complexity index is 575. The maximum absolute atomic E-state index is 12.6. The highest BCUT2D eigenvalue weighted by Gasteiger charge is 2.32. The molecule has 3 fully saturated rings. The van der Waals surface area contributed by atoms with Crippen molar-refractivity contribution in [3.05, 3.63) is 0 Å². The van der Waals surface area contributed by atoms with Crippen LogP contribution in [0.2, 0.25) is 0 Å². The van der Waals surface area contributed by atoms with Gasteiger partial charge in [0.05, 0.1) is 13.0 Å². The summed E-state index contributed by atoms with van der Waals surface area (Å²) in [5, 5.41) is 3.29. The van der Waals surface area contributed by atoms with Gasteiger partial charge in [-0.3, -0.25) is 14.4 Å². The van der Waals surface area contributed by atoms with E-state index in [4.69, 9.17) is 4.74 Å². The summed E-state index contributed by atoms with van der Waals surface area (Å²) < 4.78 is 4.90. The first-order valence-electron chi connectivity index (χ1n) is 12.0. The summed E-state index contributed by atoms with van der Waals surface area (Å²) in [7, 11) is 0. The number of hydrogen-bond acceptors (Lipinski definition) is 5. The molecule has 1 saturated carbocycles. The lowest BCUT2D eigenvalue weighted by Crippen LogP contribution is -2.50. The van der Waals surface area contributed by atoms with E-state index in [1.807, 2.05) is 4.90 Å². The monoisotopic (exact) mass is 421 g/mol. The van der Waals surface area contributed by atoms with Gasteiger partial charge in [0.1, 0.15) is 0 Å². The SMILES string of the molecule is CCOC(=O)CCC(=O)N1CCC(N2CCC(C(=O)NC3CCCCC3)CC2)CC1. The van der Waals surface area contributed by atoms with Crippen LogP contribution in [-0.4, -0.2) is 72.5 Å². The van der Waals surface area contributed by atoms with Gasteiger partial charge in [-0.2, -0.15) is 0 Å². The first-order chi connectivity index (χ1) is 14.6. The minimum Gasteiger partial charge on any atom is -0.466 e. The maximum Gasteiger partial charge on any atom is 0.306 e. The van der Waals surface area contributed by atoms with Crippen molar-refractivity contribution in [1.29, 1.82) is 0 Å². The van der Waals surface area contributed by atoms with Gasteiger partial charge in [0.15, 0.2) is 0 Å². The highest BCUT2D eigenvalue weighted by atomic mass is 16.5. The number of nitrogens with zero attached hydrogens (tertiary/aromatic N) is 2. The van der Waals surface area contributed by atoms with Gasteiger partial charge in [0.2, 0.25) is 11.8 Å². The summed E-state index contributed by atoms with van der Waals surface area (Å²) in [5.41, 5.74) is 0. The number of hydrogen-bond donors (Lipinski definition) is 1. The second-order valence-electron chi connectivity index (χ2n) is 9.07. The Labute approximate surface area is 180 Å². The number of amides is 2. The number of ether oxygens (including phenoxy) is 1. The fourth-order valence-corrected chi connectivity index (χ4v) is 5.17. The lowest BCUT2D eigenvalue weighted by molar-refractivity contribution is -0.146. The van der Waals surface area contributed by atoms with Crippen LogP contribution < -0.4 is 5.32 Å². The molecule has 1 N–H and O–H groups in total. The molecular formula is C23H39N3O4. The van der Waals surface area contributed by atoms with E-state index in [9.17, 15) is 14.4 Å². The third kappa shape index (κ3) is 6.69. The number of carbonyl (C=O) groups is 3. The Hall–Kier alpha value is -1.63. The van der Waals surface area contributed by atoms with Crippen molar-refractivity contribution in [2.24, 2.45) is 5.92 Å². The standard InChI is InChI=1S/C23H39N3O4/c1-2-30-22(28)9-8-21(27)26-16-12-20(13-17-26)25-14-10-18(11-15-25)23(29)24-19-6-4-3-5-7-19/h18-20H,2-17H2,1H3,(H,24,29). The second-order valence-corrected chi connectivity index (χ2v) is 9.07. The lowest BCUT2D eigenvalue weighted by atomic mass is 9.91. The number of carbonyl (C=O) groups excluding carboxylic acids is 3. The molecule has 0 aromatic rings. The van der Waals surface area contributed by atoms with E-state index >= 15 is 0 Å². The molecule has 2 heterocycles. The molecule has 30 heavy (non-hydrogen) atoms. The van der Waals surface area contributed by atoms with Crippen LogP contribution in [0.25, 0.3) is 0 Å². The minimum absolute atomic E-state index is 0.0552. The quantitative estimate of drug-likeness (QED) is 0.639. The van der Waals surface area contributed by atoms with Crippen molar-refractivity contribution >= 4 is 17.8 Å². The molecule has 170 valence electrons. The van der Waals surface area contributed by atoms with E-state index in [0.29, 0.717) is 18.7 Å². The van der Waals surface area contributed by atoms with E-state index < -0.39 is 0 Å². The largest absolute Gasteiger partial charge is 0.466 e. The molecule has 2 amide bonds. The van der Waals surface area contributed by atoms with Gasteiger partial charge >= 0.3 is 5.97 Å². The van der Waals surface area contributed by atoms with Gasteiger partial charge in [-0.15, -0.1) is 0 Å². The average Bonchev–Trinajstić information content (AvgIpc) is 2.78. The van der Waals surface area contributed by atoms with E-state index in [0.717, 1.165) is 64.7 Å². The summed E-state index contributed by atoms with van der Waals surface area (Å²) in [5.74, 6) is 0.187. The highest BCUT2D eigenvalue weighted by molar-refractivity contribution is 5.81. The van der Waals surface area contributed by atoms with Crippen molar-refractivity contribution < 1.29 is 19.1 Å². The first-order valence-corrected chi connectivity index (χ1v) is 12.0. The maximum atomic E-state index is 12.6. The highest BCUT2D eigenvalue weighted by Crippen LogP contribution is 2.25. The van der Waals surface area contributed by atoms with Crippen LogP contribution in [0.5, 0.6) is 0 Å². The number of rotatable bonds is 7. The summed E-state index contributed by atoms with van der Waals surface area (Å²) in [4.78, 5) is 40.8. The van der Waals surface area contributed by atoms with Crippen LogP contribution in [0, 0.1) is 5.92 Å². The molecule has 0 radical (unpaired) electrons. The molecule has 7 heteroatoms. The van der Waals surface area contributed by atoms with Crippen molar-refractivity contribution in [3.63, 3.8) is 0 Å². The van der Waals surface area contributed by atoms with E-state index in [2.05, 4.69) is 10.2 Å². The average molecular weight is 422 g/mol. The first kappa shape index (κ1) is 23.0. The smallest absolute Gasteiger partial charge is 0.306 e. The van der Waals surface area contributed by atoms with Gasteiger partial charge in [-0.25, -0.2) is 0 Å². The zero-order valence-corrected chi connectivity index (χ0v) is 18.6. The number of piperidine rings is 2. The third-order valence-electron chi connectivity index (χ3n) is 7.03. The number of esters is 1. The van der Waals surface area contributed by atoms with Gasteiger partial charge < -0.3 is 19.9 Å². The van der Waals surface area contributed by atoms with Gasteiger partial charge in [0, 0.05) is 37.5 Å². The zero-order chi connectivity index (χ0) is 21.3. The molecule has 0 unspecified atom stereocenters. The van der Waals surface area contributed by atoms with Crippen molar-refractivity contribution in [1.82, 2.24) is 15.1 Å². The molecule has 0 bridgehead atoms. The summed E-state index contributed by atoms with van der Waals surface area (Å²) in [6, 6.07) is 0.899. The molecule has 2 aliphatic heterocycles. The molecule has 3 rings (SSSR count). The second kappa shape index (κ2) is 11.7. The Kier molecular flexibility index (Phi) is 8.97. The molecule has 0 aromatic heterocycles. The van der Waals surface area contributed by atoms with E-state index in [1.54, 1.807) is 6.92 Å². The lowest BCUT2D eigenvalue weighted by Gasteiger charge is -2.41. The van der Waals surface area contributed by atoms with Crippen LogP contribution in [-0.2, 0) is 19.1 Å². The molecule has 0 spiro atoms. The van der Waals surface area contributed by atoms with Crippen molar-refractivity contribution in [2.45, 2.75) is 89.6 Å². The molecular weight excluding hydrogens is 382 g/mol. The minimum atomic E-state index is -0.295. The van der Waals surface area contributed by atoms with Crippen LogP contribution in [0.3, 0.4) is 0 Å². The molecule has 7 nitrogen and oxygen atoms in total. The van der Waals surface area contributed by atoms with Crippen LogP contribution >= 0.6 is 0 Å². The fraction of sp³-hybridized carbons (Fsp3) is 0.870. The summed E-state index contributed by atoms with van der Waals surface area (Å²) >= 11 is 0. The van der Waals surface area contributed by atoms with Gasteiger partial charge in [-0.1, -0.05) is 19.3 Å². The van der Waals surface area contributed by atoms with Crippen molar-refractivity contribution in [2.75, 3.05) is 32.8 Å². The fourth-order valence-electron chi connectivity index (χ4n) is 5.17. The topological polar surface area (TPSA) is 79.0 Å². The number of nitrogens with one attached hydrogen (secondary N) is 1. The summed E-state index contributed by atoms with van der Waals surface area (Å²) in [6.07, 6.45) is 10.3. The predicted molar refractivity (Wildman–Crippen MR) is 115 cm³/mol. The van der Waals surface area contributed by atoms with Gasteiger partial charge in [-0.05, 0) is 58.5 Å². The van der Waals surface area contributed by atoms with Crippen molar-refractivity contribution in [3.8, 4) is 0 Å². The van der Waals surface area contributed by atoms with Crippen LogP contribution in [0.1, 0.15) is 77.6 Å². The molecule has 1 aliphatic carbocycles. The Balaban J connectivity index is 1.33. The zero-order valence-electron chi connectivity index (χ0n) is 18.6.